The maximum atomic E-state index is 12.1. The molecule has 0 atom stereocenters. The average molecular weight is 369 g/mol. The van der Waals surface area contributed by atoms with Crippen LogP contribution in [0.4, 0.5) is 11.4 Å². The molecule has 1 aliphatic rings. The van der Waals surface area contributed by atoms with Crippen LogP contribution in [0.15, 0.2) is 60.2 Å². The summed E-state index contributed by atoms with van der Waals surface area (Å²) in [6.07, 6.45) is 5.11. The Bertz CT molecular complexity index is 902. The van der Waals surface area contributed by atoms with Gasteiger partial charge in [-0.25, -0.2) is 0 Å². The number of nitrogens with one attached hydrogen (secondary N) is 2. The number of ether oxygens (including phenoxy) is 1. The highest BCUT2D eigenvalue weighted by Gasteiger charge is 2.10. The van der Waals surface area contributed by atoms with Crippen molar-refractivity contribution < 1.29 is 14.3 Å². The predicted molar refractivity (Wildman–Crippen MR) is 103 cm³/mol. The highest BCUT2D eigenvalue weighted by molar-refractivity contribution is 6.30. The van der Waals surface area contributed by atoms with Gasteiger partial charge in [-0.15, -0.1) is 0 Å². The molecule has 0 spiro atoms. The van der Waals surface area contributed by atoms with Crippen LogP contribution in [0.2, 0.25) is 5.02 Å². The first kappa shape index (κ1) is 17.8. The van der Waals surface area contributed by atoms with Crippen LogP contribution >= 0.6 is 11.6 Å². The molecule has 26 heavy (non-hydrogen) atoms. The Labute approximate surface area is 156 Å². The van der Waals surface area contributed by atoms with Crippen molar-refractivity contribution in [3.63, 3.8) is 0 Å². The van der Waals surface area contributed by atoms with Crippen LogP contribution in [0.5, 0.6) is 5.75 Å². The van der Waals surface area contributed by atoms with Gasteiger partial charge in [0.2, 0.25) is 11.8 Å². The summed E-state index contributed by atoms with van der Waals surface area (Å²) in [7, 11) is 0. The third-order valence-corrected chi connectivity index (χ3v) is 3.86. The minimum absolute atomic E-state index is 0.143. The summed E-state index contributed by atoms with van der Waals surface area (Å²) in [5.41, 5.74) is 3.07. The number of benzene rings is 2. The van der Waals surface area contributed by atoms with Gasteiger partial charge in [0.1, 0.15) is 12.4 Å². The van der Waals surface area contributed by atoms with Gasteiger partial charge in [-0.1, -0.05) is 17.7 Å². The van der Waals surface area contributed by atoms with Crippen LogP contribution in [0.1, 0.15) is 12.5 Å². The first-order valence-electron chi connectivity index (χ1n) is 7.99. The molecule has 1 aliphatic heterocycles. The molecule has 0 aromatic heterocycles. The molecule has 3 rings (SSSR count). The monoisotopic (exact) mass is 368 g/mol. The van der Waals surface area contributed by atoms with Crippen molar-refractivity contribution in [2.24, 2.45) is 0 Å². The summed E-state index contributed by atoms with van der Waals surface area (Å²) < 4.78 is 5.64. The fourth-order valence-corrected chi connectivity index (χ4v) is 2.65. The number of amides is 2. The first-order valence-corrected chi connectivity index (χ1v) is 8.37. The molecule has 0 unspecified atom stereocenters. The van der Waals surface area contributed by atoms with Crippen molar-refractivity contribution in [2.45, 2.75) is 6.92 Å². The second kappa shape index (κ2) is 7.89. The van der Waals surface area contributed by atoms with Gasteiger partial charge in [0.15, 0.2) is 0 Å². The Kier molecular flexibility index (Phi) is 5.39. The third kappa shape index (κ3) is 4.74. The lowest BCUT2D eigenvalue weighted by atomic mass is 10.1. The van der Waals surface area contributed by atoms with Crippen LogP contribution in [0.25, 0.3) is 6.08 Å². The van der Waals surface area contributed by atoms with Gasteiger partial charge in [-0.05, 0) is 54.1 Å². The molecule has 2 aromatic carbocycles. The van der Waals surface area contributed by atoms with Crippen molar-refractivity contribution >= 4 is 40.9 Å². The largest absolute Gasteiger partial charge is 0.488 e. The van der Waals surface area contributed by atoms with E-state index < -0.39 is 0 Å². The zero-order chi connectivity index (χ0) is 18.5. The molecule has 0 aliphatic carbocycles. The maximum Gasteiger partial charge on any atom is 0.248 e. The minimum atomic E-state index is -0.255. The second-order valence-corrected chi connectivity index (χ2v) is 6.21. The van der Waals surface area contributed by atoms with Crippen LogP contribution < -0.4 is 15.4 Å². The highest BCUT2D eigenvalue weighted by atomic mass is 35.5. The van der Waals surface area contributed by atoms with E-state index >= 15 is 0 Å². The summed E-state index contributed by atoms with van der Waals surface area (Å²) in [6, 6.07) is 12.3. The van der Waals surface area contributed by atoms with Crippen LogP contribution in [-0.4, -0.2) is 18.4 Å². The van der Waals surface area contributed by atoms with Crippen molar-refractivity contribution in [1.29, 1.82) is 0 Å². The molecule has 0 fully saturated rings. The number of halogens is 1. The smallest absolute Gasteiger partial charge is 0.248 e. The van der Waals surface area contributed by atoms with Gasteiger partial charge in [-0.2, -0.15) is 0 Å². The highest BCUT2D eigenvalue weighted by Crippen LogP contribution is 2.29. The van der Waals surface area contributed by atoms with Gasteiger partial charge in [0, 0.05) is 35.0 Å². The lowest BCUT2D eigenvalue weighted by Crippen LogP contribution is -2.10. The normalized spacial score (nSPS) is 12.8. The summed E-state index contributed by atoms with van der Waals surface area (Å²) in [4.78, 5) is 23.1. The number of rotatable bonds is 4. The van der Waals surface area contributed by atoms with E-state index in [2.05, 4.69) is 10.6 Å². The number of carbonyl (C=O) groups excluding carboxylic acids is 2. The minimum Gasteiger partial charge on any atom is -0.488 e. The van der Waals surface area contributed by atoms with Gasteiger partial charge in [0.25, 0.3) is 0 Å². The van der Waals surface area contributed by atoms with E-state index in [1.165, 1.54) is 13.0 Å². The predicted octanol–water partition coefficient (Wildman–Crippen LogP) is 4.27. The molecule has 0 saturated heterocycles. The van der Waals surface area contributed by atoms with E-state index in [1.807, 2.05) is 18.2 Å². The molecule has 2 aromatic rings. The molecule has 6 heteroatoms. The van der Waals surface area contributed by atoms with Gasteiger partial charge in [0.05, 0.1) is 0 Å². The summed E-state index contributed by atoms with van der Waals surface area (Å²) in [5.74, 6) is 0.376. The Morgan fingerprint density at radius 3 is 2.46 bits per heavy atom. The fraction of sp³-hybridized carbons (Fsp3) is 0.100. The molecular weight excluding hydrogens is 352 g/mol. The molecular formula is C20H17ClN2O3. The van der Waals surface area contributed by atoms with E-state index in [-0.39, 0.29) is 11.8 Å². The Morgan fingerprint density at radius 2 is 1.77 bits per heavy atom. The average Bonchev–Trinajstić information content (AvgIpc) is 2.61. The van der Waals surface area contributed by atoms with Gasteiger partial charge in [-0.3, -0.25) is 9.59 Å². The van der Waals surface area contributed by atoms with Crippen LogP contribution in [0, 0.1) is 0 Å². The van der Waals surface area contributed by atoms with E-state index in [1.54, 1.807) is 36.4 Å². The topological polar surface area (TPSA) is 67.4 Å². The van der Waals surface area contributed by atoms with Gasteiger partial charge >= 0.3 is 0 Å². The quantitative estimate of drug-likeness (QED) is 0.792. The zero-order valence-electron chi connectivity index (χ0n) is 14.1. The SMILES string of the molecule is CC(=O)Nc1ccc(NC(=O)/C=C/C2=Cc3cc(Cl)ccc3OC2)cc1. The molecule has 132 valence electrons. The molecule has 0 saturated carbocycles. The molecule has 0 radical (unpaired) electrons. The summed E-state index contributed by atoms with van der Waals surface area (Å²) in [6.45, 7) is 1.83. The molecule has 2 amide bonds. The van der Waals surface area contributed by atoms with Crippen LogP contribution in [-0.2, 0) is 9.59 Å². The van der Waals surface area contributed by atoms with Crippen LogP contribution in [0.3, 0.4) is 0 Å². The second-order valence-electron chi connectivity index (χ2n) is 5.77. The van der Waals surface area contributed by atoms with E-state index in [4.69, 9.17) is 16.3 Å². The van der Waals surface area contributed by atoms with Crippen molar-refractivity contribution in [3.05, 3.63) is 70.8 Å². The summed E-state index contributed by atoms with van der Waals surface area (Å²) >= 11 is 5.99. The Morgan fingerprint density at radius 1 is 1.08 bits per heavy atom. The standard InChI is InChI=1S/C20H17ClN2O3/c1-13(24)22-17-4-6-18(7-5-17)23-20(25)9-2-14-10-15-11-16(21)3-8-19(15)26-12-14/h2-11H,12H2,1H3,(H,22,24)(H,23,25)/b9-2+. The number of carbonyl (C=O) groups is 2. The van der Waals surface area contributed by atoms with Crippen molar-refractivity contribution in [2.75, 3.05) is 17.2 Å². The Hall–Kier alpha value is -3.05. The van der Waals surface area contributed by atoms with E-state index in [0.717, 1.165) is 16.9 Å². The first-order chi connectivity index (χ1) is 12.5. The molecule has 0 bridgehead atoms. The lowest BCUT2D eigenvalue weighted by molar-refractivity contribution is -0.114. The van der Waals surface area contributed by atoms with E-state index in [0.29, 0.717) is 23.0 Å². The van der Waals surface area contributed by atoms with Gasteiger partial charge < -0.3 is 15.4 Å². The summed E-state index contributed by atoms with van der Waals surface area (Å²) in [5, 5.41) is 6.07. The molecule has 5 nitrogen and oxygen atoms in total. The number of anilines is 2. The molecule has 2 N–H and O–H groups in total. The maximum absolute atomic E-state index is 12.1. The van der Waals surface area contributed by atoms with Crippen molar-refractivity contribution in [1.82, 2.24) is 0 Å². The van der Waals surface area contributed by atoms with E-state index in [9.17, 15) is 9.59 Å². The number of fused-ring (bicyclic) bond motifs is 1. The molecule has 1 heterocycles. The Balaban J connectivity index is 1.62. The zero-order valence-corrected chi connectivity index (χ0v) is 14.8. The number of hydrogen-bond acceptors (Lipinski definition) is 3. The third-order valence-electron chi connectivity index (χ3n) is 3.63. The lowest BCUT2D eigenvalue weighted by Gasteiger charge is -2.16. The van der Waals surface area contributed by atoms with Crippen molar-refractivity contribution in [3.8, 4) is 5.75 Å². The number of hydrogen-bond donors (Lipinski definition) is 2. The fourth-order valence-electron chi connectivity index (χ4n) is 2.47.